The highest BCUT2D eigenvalue weighted by Gasteiger charge is 2.25. The van der Waals surface area contributed by atoms with E-state index in [1.165, 1.54) is 29.9 Å². The molecule has 1 aliphatic rings. The van der Waals surface area contributed by atoms with Crippen molar-refractivity contribution in [2.24, 2.45) is 5.73 Å². The Morgan fingerprint density at radius 2 is 1.83 bits per heavy atom. The second kappa shape index (κ2) is 14.4. The van der Waals surface area contributed by atoms with Gasteiger partial charge in [-0.2, -0.15) is 0 Å². The van der Waals surface area contributed by atoms with Crippen molar-refractivity contribution in [1.29, 1.82) is 0 Å². The zero-order chi connectivity index (χ0) is 26.8. The number of benzene rings is 2. The van der Waals surface area contributed by atoms with E-state index in [4.69, 9.17) is 5.73 Å². The van der Waals surface area contributed by atoms with E-state index in [1.54, 1.807) is 19.1 Å². The predicted molar refractivity (Wildman–Crippen MR) is 158 cm³/mol. The Kier molecular flexibility index (Phi) is 12.0. The molecule has 0 spiro atoms. The molecule has 1 saturated heterocycles. The highest BCUT2D eigenvalue weighted by atomic mass is 32.2. The second-order valence-electron chi connectivity index (χ2n) is 9.18. The maximum atomic E-state index is 14.5. The molecule has 0 saturated carbocycles. The number of nitrogens with zero attached hydrogens (tertiary/aromatic N) is 1. The van der Waals surface area contributed by atoms with Crippen LogP contribution in [0.15, 0.2) is 64.7 Å². The summed E-state index contributed by atoms with van der Waals surface area (Å²) in [6.07, 6.45) is 1.97. The van der Waals surface area contributed by atoms with Crippen LogP contribution in [0.2, 0.25) is 0 Å². The van der Waals surface area contributed by atoms with E-state index in [1.807, 2.05) is 12.1 Å². The highest BCUT2D eigenvalue weighted by Crippen LogP contribution is 2.38. The predicted octanol–water partition coefficient (Wildman–Crippen LogP) is 5.72. The van der Waals surface area contributed by atoms with Gasteiger partial charge >= 0.3 is 0 Å². The third-order valence-electron chi connectivity index (χ3n) is 5.51. The molecule has 1 fully saturated rings. The largest absolute Gasteiger partial charge is 0.402 e. The zero-order valence-electron chi connectivity index (χ0n) is 22.0. The topological polar surface area (TPSA) is 70.4 Å². The average molecular weight is 531 g/mol. The Balaban J connectivity index is 0.00000145. The summed E-state index contributed by atoms with van der Waals surface area (Å²) in [4.78, 5) is 14.9. The van der Waals surface area contributed by atoms with Gasteiger partial charge in [0, 0.05) is 52.7 Å². The lowest BCUT2D eigenvalue weighted by atomic mass is 9.98. The summed E-state index contributed by atoms with van der Waals surface area (Å²) < 4.78 is 14.5. The molecule has 3 rings (SSSR count). The Morgan fingerprint density at radius 3 is 2.33 bits per heavy atom. The fourth-order valence-electron chi connectivity index (χ4n) is 4.14. The van der Waals surface area contributed by atoms with Crippen LogP contribution in [0, 0.1) is 5.82 Å². The molecular formula is C28H40FN4OPS. The number of nitrogens with one attached hydrogen (secondary N) is 2. The van der Waals surface area contributed by atoms with Crippen LogP contribution in [0.5, 0.6) is 0 Å². The second-order valence-corrected chi connectivity index (χ2v) is 10.9. The minimum atomic E-state index is -0.814. The molecule has 8 heteroatoms. The van der Waals surface area contributed by atoms with E-state index in [9.17, 15) is 9.18 Å². The van der Waals surface area contributed by atoms with Crippen molar-refractivity contribution in [2.45, 2.75) is 59.0 Å². The molecule has 196 valence electrons. The van der Waals surface area contributed by atoms with Crippen molar-refractivity contribution in [3.05, 3.63) is 76.1 Å². The Hall–Kier alpha value is -2.34. The van der Waals surface area contributed by atoms with Crippen molar-refractivity contribution < 1.29 is 9.18 Å². The molecule has 2 aromatic rings. The molecule has 4 N–H and O–H groups in total. The van der Waals surface area contributed by atoms with Gasteiger partial charge in [0.15, 0.2) is 0 Å². The van der Waals surface area contributed by atoms with E-state index >= 15 is 0 Å². The van der Waals surface area contributed by atoms with Crippen molar-refractivity contribution in [3.63, 3.8) is 0 Å². The van der Waals surface area contributed by atoms with Crippen molar-refractivity contribution in [2.75, 3.05) is 23.3 Å². The number of piperazine rings is 1. The van der Waals surface area contributed by atoms with Gasteiger partial charge < -0.3 is 26.1 Å². The lowest BCUT2D eigenvalue weighted by Crippen LogP contribution is -2.54. The van der Waals surface area contributed by atoms with Crippen LogP contribution in [0.1, 0.15) is 52.5 Å². The van der Waals surface area contributed by atoms with Crippen molar-refractivity contribution >= 4 is 44.0 Å². The Morgan fingerprint density at radius 1 is 1.25 bits per heavy atom. The summed E-state index contributed by atoms with van der Waals surface area (Å²) in [5.74, 6) is -1.25. The quantitative estimate of drug-likeness (QED) is 0.300. The number of carbonyl (C=O) groups is 1. The number of hydrogen-bond acceptors (Lipinski definition) is 6. The molecule has 1 heterocycles. The number of halogens is 1. The van der Waals surface area contributed by atoms with Crippen LogP contribution in [0.25, 0.3) is 0 Å². The molecule has 4 atom stereocenters. The lowest BCUT2D eigenvalue weighted by Gasteiger charge is -2.37. The molecule has 0 amide bonds. The molecular weight excluding hydrogens is 490 g/mol. The first kappa shape index (κ1) is 29.9. The van der Waals surface area contributed by atoms with E-state index in [-0.39, 0.29) is 0 Å². The number of anilines is 2. The summed E-state index contributed by atoms with van der Waals surface area (Å²) in [7, 11) is 2.49. The van der Waals surface area contributed by atoms with E-state index in [0.29, 0.717) is 38.6 Å². The van der Waals surface area contributed by atoms with Crippen LogP contribution in [0.3, 0.4) is 0 Å². The third kappa shape index (κ3) is 8.36. The van der Waals surface area contributed by atoms with E-state index in [2.05, 4.69) is 71.2 Å². The summed E-state index contributed by atoms with van der Waals surface area (Å²) in [6.45, 7) is 16.4. The molecule has 0 aromatic heterocycles. The van der Waals surface area contributed by atoms with Crippen LogP contribution >= 0.6 is 21.0 Å². The Bertz CT molecular complexity index is 1030. The fraction of sp³-hybridized carbons (Fsp3) is 0.393. The number of thioether (sulfide) groups is 1. The third-order valence-corrected chi connectivity index (χ3v) is 7.16. The van der Waals surface area contributed by atoms with E-state index < -0.39 is 11.7 Å². The molecule has 0 aliphatic carbocycles. The summed E-state index contributed by atoms with van der Waals surface area (Å²) in [5, 5.41) is 8.03. The molecule has 4 unspecified atom stereocenters. The SMILES string of the molecule is C=C(Nc1ccc(N2CC(C)NC(C)C2)cc1)S/C(=C(\C)N)C(C=O)c1c(F)cccc1P.CCC. The number of carbonyl (C=O) groups excluding carboxylic acids is 1. The lowest BCUT2D eigenvalue weighted by molar-refractivity contribution is -0.108. The smallest absolute Gasteiger partial charge is 0.132 e. The van der Waals surface area contributed by atoms with Gasteiger partial charge in [-0.3, -0.25) is 0 Å². The number of allylic oxidation sites excluding steroid dienone is 2. The molecule has 0 bridgehead atoms. The first-order valence-corrected chi connectivity index (χ1v) is 13.7. The summed E-state index contributed by atoms with van der Waals surface area (Å²) >= 11 is 1.25. The minimum absolute atomic E-state index is 0.307. The maximum Gasteiger partial charge on any atom is 0.132 e. The van der Waals surface area contributed by atoms with Gasteiger partial charge in [0.25, 0.3) is 0 Å². The minimum Gasteiger partial charge on any atom is -0.402 e. The molecule has 1 aliphatic heterocycles. The van der Waals surface area contributed by atoms with Gasteiger partial charge in [-0.05, 0) is 56.4 Å². The maximum absolute atomic E-state index is 14.5. The van der Waals surface area contributed by atoms with Gasteiger partial charge in [0.05, 0.1) is 10.9 Å². The van der Waals surface area contributed by atoms with Crippen LogP contribution in [-0.2, 0) is 4.79 Å². The van der Waals surface area contributed by atoms with Crippen molar-refractivity contribution in [3.8, 4) is 0 Å². The summed E-state index contributed by atoms with van der Waals surface area (Å²) in [5.41, 5.74) is 8.91. The van der Waals surface area contributed by atoms with Gasteiger partial charge in [0.1, 0.15) is 12.1 Å². The fourth-order valence-corrected chi connectivity index (χ4v) is 5.47. The zero-order valence-corrected chi connectivity index (χ0v) is 23.9. The molecule has 5 nitrogen and oxygen atoms in total. The molecule has 2 aromatic carbocycles. The number of rotatable bonds is 8. The van der Waals surface area contributed by atoms with Gasteiger partial charge in [-0.25, -0.2) is 4.39 Å². The molecule has 36 heavy (non-hydrogen) atoms. The number of aldehydes is 1. The monoisotopic (exact) mass is 530 g/mol. The first-order valence-electron chi connectivity index (χ1n) is 12.3. The first-order chi connectivity index (χ1) is 17.1. The number of nitrogens with two attached hydrogens (primary N) is 1. The van der Waals surface area contributed by atoms with E-state index in [0.717, 1.165) is 25.1 Å². The molecule has 0 radical (unpaired) electrons. The normalized spacial score (nSPS) is 18.9. The van der Waals surface area contributed by atoms with Crippen LogP contribution < -0.4 is 26.6 Å². The Labute approximate surface area is 222 Å². The highest BCUT2D eigenvalue weighted by molar-refractivity contribution is 8.06. The average Bonchev–Trinajstić information content (AvgIpc) is 2.80. The number of hydrogen-bond donors (Lipinski definition) is 3. The summed E-state index contributed by atoms with van der Waals surface area (Å²) in [6, 6.07) is 13.8. The van der Waals surface area contributed by atoms with Crippen molar-refractivity contribution in [1.82, 2.24) is 5.32 Å². The van der Waals surface area contributed by atoms with Gasteiger partial charge in [0.2, 0.25) is 0 Å². The van der Waals surface area contributed by atoms with Crippen LogP contribution in [0.4, 0.5) is 15.8 Å². The van der Waals surface area contributed by atoms with Gasteiger partial charge in [-0.1, -0.05) is 50.7 Å². The van der Waals surface area contributed by atoms with Gasteiger partial charge in [-0.15, -0.1) is 9.24 Å². The standard InChI is InChI=1S/C25H32FN4OPS.C3H8/c1-15-12-30(13-16(2)28-15)20-10-8-19(9-11-20)29-18(4)33-25(17(3)27)21(14-31)24-22(26)6-5-7-23(24)32;1-3-2/h5-11,14-16,21,28-29H,4,12-13,27,32H2,1-3H3;3H2,1-2H3/b25-17+;. The van der Waals surface area contributed by atoms with Crippen LogP contribution in [-0.4, -0.2) is 31.5 Å².